The molecule has 138 valence electrons. The lowest BCUT2D eigenvalue weighted by Crippen LogP contribution is -2.23. The van der Waals surface area contributed by atoms with Gasteiger partial charge in [0.1, 0.15) is 0 Å². The summed E-state index contributed by atoms with van der Waals surface area (Å²) in [6.07, 6.45) is 0.888. The Balaban J connectivity index is 1.84. The number of amides is 1. The number of aryl methyl sites for hydroxylation is 1. The third kappa shape index (κ3) is 5.51. The quantitative estimate of drug-likeness (QED) is 0.720. The first kappa shape index (κ1) is 19.3. The fourth-order valence-corrected chi connectivity index (χ4v) is 2.46. The van der Waals surface area contributed by atoms with Crippen molar-refractivity contribution in [3.8, 4) is 11.5 Å². The molecule has 0 atom stereocenters. The van der Waals surface area contributed by atoms with Gasteiger partial charge in [0.25, 0.3) is 0 Å². The molecule has 0 saturated heterocycles. The number of carboxylic acids is 1. The summed E-state index contributed by atoms with van der Waals surface area (Å²) in [4.78, 5) is 22.9. The molecule has 2 rings (SSSR count). The van der Waals surface area contributed by atoms with Crippen LogP contribution in [0.5, 0.6) is 11.5 Å². The maximum atomic E-state index is 12.0. The SMILES string of the molecule is CCOc1cc(CNC(=O)CCc2ccc(C(=O)O)cc2)ccc1OC. The molecular weight excluding hydrogens is 334 g/mol. The lowest BCUT2D eigenvalue weighted by molar-refractivity contribution is -0.121. The van der Waals surface area contributed by atoms with Crippen molar-refractivity contribution in [3.05, 3.63) is 59.2 Å². The molecule has 0 spiro atoms. The average Bonchev–Trinajstić information content (AvgIpc) is 2.65. The van der Waals surface area contributed by atoms with Crippen molar-refractivity contribution in [2.24, 2.45) is 0 Å². The molecule has 2 aromatic rings. The average molecular weight is 357 g/mol. The lowest BCUT2D eigenvalue weighted by Gasteiger charge is -2.11. The topological polar surface area (TPSA) is 84.9 Å². The molecule has 0 radical (unpaired) electrons. The zero-order chi connectivity index (χ0) is 18.9. The smallest absolute Gasteiger partial charge is 0.335 e. The number of methoxy groups -OCH3 is 1. The lowest BCUT2D eigenvalue weighted by atomic mass is 10.1. The second-order valence-electron chi connectivity index (χ2n) is 5.70. The number of nitrogens with one attached hydrogen (secondary N) is 1. The highest BCUT2D eigenvalue weighted by Gasteiger charge is 2.08. The van der Waals surface area contributed by atoms with Crippen LogP contribution in [-0.4, -0.2) is 30.7 Å². The molecule has 0 aliphatic carbocycles. The van der Waals surface area contributed by atoms with Gasteiger partial charge in [0.15, 0.2) is 11.5 Å². The Morgan fingerprint density at radius 1 is 1.04 bits per heavy atom. The van der Waals surface area contributed by atoms with E-state index in [-0.39, 0.29) is 11.5 Å². The zero-order valence-electron chi connectivity index (χ0n) is 15.0. The van der Waals surface area contributed by atoms with E-state index < -0.39 is 5.97 Å². The highest BCUT2D eigenvalue weighted by Crippen LogP contribution is 2.27. The number of carbonyl (C=O) groups is 2. The number of hydrogen-bond donors (Lipinski definition) is 2. The van der Waals surface area contributed by atoms with Crippen LogP contribution in [-0.2, 0) is 17.8 Å². The highest BCUT2D eigenvalue weighted by molar-refractivity contribution is 5.87. The van der Waals surface area contributed by atoms with E-state index in [9.17, 15) is 9.59 Å². The Bertz CT molecular complexity index is 755. The van der Waals surface area contributed by atoms with Crippen LogP contribution in [0.1, 0.15) is 34.8 Å². The van der Waals surface area contributed by atoms with Crippen LogP contribution in [0, 0.1) is 0 Å². The minimum absolute atomic E-state index is 0.0684. The summed E-state index contributed by atoms with van der Waals surface area (Å²) in [6.45, 7) is 2.84. The van der Waals surface area contributed by atoms with Crippen LogP contribution in [0.15, 0.2) is 42.5 Å². The van der Waals surface area contributed by atoms with Crippen molar-refractivity contribution >= 4 is 11.9 Å². The Morgan fingerprint density at radius 2 is 1.73 bits per heavy atom. The second-order valence-corrected chi connectivity index (χ2v) is 5.70. The van der Waals surface area contributed by atoms with E-state index in [4.69, 9.17) is 14.6 Å². The molecule has 26 heavy (non-hydrogen) atoms. The van der Waals surface area contributed by atoms with E-state index in [0.29, 0.717) is 37.5 Å². The monoisotopic (exact) mass is 357 g/mol. The fraction of sp³-hybridized carbons (Fsp3) is 0.300. The first-order valence-electron chi connectivity index (χ1n) is 8.42. The summed E-state index contributed by atoms with van der Waals surface area (Å²) < 4.78 is 10.8. The normalized spacial score (nSPS) is 10.2. The molecule has 0 aromatic heterocycles. The van der Waals surface area contributed by atoms with E-state index in [1.165, 1.54) is 0 Å². The summed E-state index contributed by atoms with van der Waals surface area (Å²) >= 11 is 0. The molecule has 0 heterocycles. The molecule has 0 unspecified atom stereocenters. The number of benzene rings is 2. The van der Waals surface area contributed by atoms with Gasteiger partial charge in [0, 0.05) is 13.0 Å². The first-order valence-corrected chi connectivity index (χ1v) is 8.42. The van der Waals surface area contributed by atoms with Gasteiger partial charge in [-0.2, -0.15) is 0 Å². The maximum Gasteiger partial charge on any atom is 0.335 e. The summed E-state index contributed by atoms with van der Waals surface area (Å²) in [6, 6.07) is 12.1. The third-order valence-corrected chi connectivity index (χ3v) is 3.86. The Kier molecular flexibility index (Phi) is 7.02. The second kappa shape index (κ2) is 9.46. The summed E-state index contributed by atoms with van der Waals surface area (Å²) in [7, 11) is 1.59. The van der Waals surface area contributed by atoms with E-state index >= 15 is 0 Å². The Labute approximate surface area is 152 Å². The van der Waals surface area contributed by atoms with Crippen LogP contribution >= 0.6 is 0 Å². The van der Waals surface area contributed by atoms with Crippen molar-refractivity contribution < 1.29 is 24.2 Å². The van der Waals surface area contributed by atoms with Gasteiger partial charge < -0.3 is 19.9 Å². The minimum atomic E-state index is -0.958. The van der Waals surface area contributed by atoms with Gasteiger partial charge in [-0.15, -0.1) is 0 Å². The number of aromatic carboxylic acids is 1. The maximum absolute atomic E-state index is 12.0. The van der Waals surface area contributed by atoms with E-state index in [2.05, 4.69) is 5.32 Å². The van der Waals surface area contributed by atoms with Crippen LogP contribution in [0.4, 0.5) is 0 Å². The molecule has 2 N–H and O–H groups in total. The summed E-state index contributed by atoms with van der Waals surface area (Å²) in [5, 5.41) is 11.8. The number of carboxylic acid groups (broad SMARTS) is 1. The largest absolute Gasteiger partial charge is 0.493 e. The zero-order valence-corrected chi connectivity index (χ0v) is 15.0. The third-order valence-electron chi connectivity index (χ3n) is 3.86. The van der Waals surface area contributed by atoms with Crippen molar-refractivity contribution in [1.29, 1.82) is 0 Å². The number of ether oxygens (including phenoxy) is 2. The standard InChI is InChI=1S/C20H23NO5/c1-3-26-18-12-15(6-10-17(18)25-2)13-21-19(22)11-7-14-4-8-16(9-5-14)20(23)24/h4-6,8-10,12H,3,7,11,13H2,1-2H3,(H,21,22)(H,23,24). The number of carbonyl (C=O) groups excluding carboxylic acids is 1. The molecule has 0 bridgehead atoms. The van der Waals surface area contributed by atoms with Gasteiger partial charge in [0.05, 0.1) is 19.3 Å². The van der Waals surface area contributed by atoms with Crippen LogP contribution < -0.4 is 14.8 Å². The molecule has 6 heteroatoms. The predicted octanol–water partition coefficient (Wildman–Crippen LogP) is 3.04. The molecule has 2 aromatic carbocycles. The van der Waals surface area contributed by atoms with Crippen molar-refractivity contribution in [3.63, 3.8) is 0 Å². The van der Waals surface area contributed by atoms with E-state index in [1.54, 1.807) is 31.4 Å². The minimum Gasteiger partial charge on any atom is -0.493 e. The van der Waals surface area contributed by atoms with Crippen molar-refractivity contribution in [2.75, 3.05) is 13.7 Å². The van der Waals surface area contributed by atoms with Crippen molar-refractivity contribution in [2.45, 2.75) is 26.3 Å². The van der Waals surface area contributed by atoms with Gasteiger partial charge in [-0.25, -0.2) is 4.79 Å². The summed E-state index contributed by atoms with van der Waals surface area (Å²) in [5.74, 6) is 0.285. The molecule has 0 aliphatic heterocycles. The van der Waals surface area contributed by atoms with Crippen LogP contribution in [0.25, 0.3) is 0 Å². The Hall–Kier alpha value is -3.02. The fourth-order valence-electron chi connectivity index (χ4n) is 2.46. The predicted molar refractivity (Wildman–Crippen MR) is 97.7 cm³/mol. The molecule has 1 amide bonds. The molecular formula is C20H23NO5. The van der Waals surface area contributed by atoms with Crippen molar-refractivity contribution in [1.82, 2.24) is 5.32 Å². The summed E-state index contributed by atoms with van der Waals surface area (Å²) in [5.41, 5.74) is 2.09. The number of hydrogen-bond acceptors (Lipinski definition) is 4. The molecule has 0 saturated carbocycles. The van der Waals surface area contributed by atoms with E-state index in [0.717, 1.165) is 11.1 Å². The molecule has 0 aliphatic rings. The Morgan fingerprint density at radius 3 is 2.35 bits per heavy atom. The van der Waals surface area contributed by atoms with Gasteiger partial charge in [0.2, 0.25) is 5.91 Å². The molecule has 6 nitrogen and oxygen atoms in total. The van der Waals surface area contributed by atoms with E-state index in [1.807, 2.05) is 25.1 Å². The van der Waals surface area contributed by atoms with Crippen LogP contribution in [0.3, 0.4) is 0 Å². The van der Waals surface area contributed by atoms with Gasteiger partial charge in [-0.3, -0.25) is 4.79 Å². The number of rotatable bonds is 9. The van der Waals surface area contributed by atoms with Gasteiger partial charge in [-0.1, -0.05) is 18.2 Å². The first-order chi connectivity index (χ1) is 12.5. The highest BCUT2D eigenvalue weighted by atomic mass is 16.5. The van der Waals surface area contributed by atoms with Gasteiger partial charge in [-0.05, 0) is 48.7 Å². The van der Waals surface area contributed by atoms with Crippen LogP contribution in [0.2, 0.25) is 0 Å². The van der Waals surface area contributed by atoms with Gasteiger partial charge >= 0.3 is 5.97 Å². The molecule has 0 fully saturated rings.